The first-order valence-corrected chi connectivity index (χ1v) is 6.33. The molecular weight excluding hydrogens is 274 g/mol. The number of benzene rings is 1. The summed E-state index contributed by atoms with van der Waals surface area (Å²) in [7, 11) is 1.57. The molecule has 1 atom stereocenters. The van der Waals surface area contributed by atoms with E-state index < -0.39 is 11.0 Å². The Balaban J connectivity index is 2.56. The third-order valence-electron chi connectivity index (χ3n) is 3.55. The van der Waals surface area contributed by atoms with E-state index in [1.807, 2.05) is 0 Å². The maximum absolute atomic E-state index is 11.9. The van der Waals surface area contributed by atoms with Gasteiger partial charge in [-0.05, 0) is 19.4 Å². The van der Waals surface area contributed by atoms with Gasteiger partial charge in [-0.2, -0.15) is 0 Å². The van der Waals surface area contributed by atoms with E-state index in [0.29, 0.717) is 16.8 Å². The van der Waals surface area contributed by atoms with E-state index in [0.717, 1.165) is 0 Å². The van der Waals surface area contributed by atoms with Gasteiger partial charge >= 0.3 is 6.03 Å². The van der Waals surface area contributed by atoms with E-state index in [-0.39, 0.29) is 17.5 Å². The van der Waals surface area contributed by atoms with Gasteiger partial charge in [-0.1, -0.05) is 12.1 Å². The molecule has 7 heteroatoms. The van der Waals surface area contributed by atoms with Crippen LogP contribution in [-0.4, -0.2) is 28.7 Å². The molecule has 7 nitrogen and oxygen atoms in total. The maximum atomic E-state index is 11.9. The highest BCUT2D eigenvalue weighted by atomic mass is 16.6. The highest BCUT2D eigenvalue weighted by molar-refractivity contribution is 5.98. The summed E-state index contributed by atoms with van der Waals surface area (Å²) in [6.45, 7) is 3.09. The van der Waals surface area contributed by atoms with E-state index in [1.54, 1.807) is 20.0 Å². The molecule has 0 saturated carbocycles. The lowest BCUT2D eigenvalue weighted by Crippen LogP contribution is -2.45. The number of amides is 2. The first kappa shape index (κ1) is 14.7. The third kappa shape index (κ3) is 2.62. The summed E-state index contributed by atoms with van der Waals surface area (Å²) in [4.78, 5) is 35.5. The lowest BCUT2D eigenvalue weighted by Gasteiger charge is -2.33. The topological polar surface area (TPSA) is 92.6 Å². The van der Waals surface area contributed by atoms with Gasteiger partial charge in [0.25, 0.3) is 5.69 Å². The lowest BCUT2D eigenvalue weighted by molar-refractivity contribution is -0.384. The van der Waals surface area contributed by atoms with Gasteiger partial charge in [0.1, 0.15) is 0 Å². The number of ketones is 1. The highest BCUT2D eigenvalue weighted by Crippen LogP contribution is 2.31. The van der Waals surface area contributed by atoms with E-state index >= 15 is 0 Å². The third-order valence-corrected chi connectivity index (χ3v) is 3.55. The van der Waals surface area contributed by atoms with Crippen LogP contribution >= 0.6 is 0 Å². The normalized spacial score (nSPS) is 18.5. The number of nitro benzene ring substituents is 1. The van der Waals surface area contributed by atoms with Crippen LogP contribution in [0.1, 0.15) is 25.5 Å². The Hall–Kier alpha value is -2.70. The van der Waals surface area contributed by atoms with Gasteiger partial charge < -0.3 is 10.2 Å². The average Bonchev–Trinajstić information content (AvgIpc) is 2.44. The quantitative estimate of drug-likeness (QED) is 0.681. The van der Waals surface area contributed by atoms with Crippen molar-refractivity contribution in [1.29, 1.82) is 0 Å². The molecule has 1 aromatic rings. The van der Waals surface area contributed by atoms with Crippen molar-refractivity contribution < 1.29 is 14.5 Å². The van der Waals surface area contributed by atoms with Crippen LogP contribution in [0.25, 0.3) is 0 Å². The Morgan fingerprint density at radius 3 is 2.67 bits per heavy atom. The average molecular weight is 289 g/mol. The summed E-state index contributed by atoms with van der Waals surface area (Å²) in [5.74, 6) is -0.184. The molecule has 0 fully saturated rings. The number of non-ortho nitro benzene ring substituents is 1. The number of Topliss-reactive ketones (excluding diaryl/α,β-unsaturated/α-hetero) is 1. The van der Waals surface area contributed by atoms with E-state index in [2.05, 4.69) is 5.32 Å². The van der Waals surface area contributed by atoms with Crippen LogP contribution < -0.4 is 5.32 Å². The molecule has 2 rings (SSSR count). The van der Waals surface area contributed by atoms with Crippen LogP contribution in [0.15, 0.2) is 35.5 Å². The van der Waals surface area contributed by atoms with E-state index in [1.165, 1.54) is 30.0 Å². The van der Waals surface area contributed by atoms with Gasteiger partial charge in [-0.25, -0.2) is 4.79 Å². The van der Waals surface area contributed by atoms with Crippen molar-refractivity contribution in [2.45, 2.75) is 19.9 Å². The number of carbonyl (C=O) groups is 2. The van der Waals surface area contributed by atoms with Crippen LogP contribution in [0, 0.1) is 10.1 Å². The molecule has 1 aromatic carbocycles. The fourth-order valence-electron chi connectivity index (χ4n) is 2.36. The van der Waals surface area contributed by atoms with Gasteiger partial charge in [0.05, 0.1) is 11.0 Å². The number of hydrogen-bond acceptors (Lipinski definition) is 4. The Bertz CT molecular complexity index is 666. The van der Waals surface area contributed by atoms with Crippen molar-refractivity contribution in [1.82, 2.24) is 10.2 Å². The number of urea groups is 1. The number of nitrogens with zero attached hydrogens (tertiary/aromatic N) is 2. The minimum absolute atomic E-state index is 0.0822. The number of rotatable bonds is 3. The SMILES string of the molecule is CC(=O)C1=C(C)N(C)C(=O)N[C@@H]1c1cccc([N+](=O)[O-])c1. The molecular formula is C14H15N3O4. The van der Waals surface area contributed by atoms with Crippen molar-refractivity contribution in [3.63, 3.8) is 0 Å². The molecule has 0 saturated heterocycles. The number of nitro groups is 1. The fourth-order valence-corrected chi connectivity index (χ4v) is 2.36. The predicted octanol–water partition coefficient (Wildman–Crippen LogP) is 2.15. The van der Waals surface area contributed by atoms with Crippen LogP contribution in [0.3, 0.4) is 0 Å². The smallest absolute Gasteiger partial charge is 0.322 e. The summed E-state index contributed by atoms with van der Waals surface area (Å²) in [6.07, 6.45) is 0. The van der Waals surface area contributed by atoms with Crippen molar-refractivity contribution >= 4 is 17.5 Å². The molecule has 110 valence electrons. The summed E-state index contributed by atoms with van der Waals surface area (Å²) < 4.78 is 0. The van der Waals surface area contributed by atoms with Gasteiger partial charge in [0.2, 0.25) is 0 Å². The minimum Gasteiger partial charge on any atom is -0.327 e. The molecule has 1 N–H and O–H groups in total. The first-order valence-electron chi connectivity index (χ1n) is 6.33. The van der Waals surface area contributed by atoms with Crippen molar-refractivity contribution in [2.75, 3.05) is 7.05 Å². The standard InChI is InChI=1S/C14H15N3O4/c1-8-12(9(2)18)13(15-14(19)16(8)3)10-5-4-6-11(7-10)17(20)21/h4-7,13H,1-3H3,(H,15,19)/t13-/m1/s1. The summed E-state index contributed by atoms with van der Waals surface area (Å²) in [5.41, 5.74) is 1.40. The number of carbonyl (C=O) groups excluding carboxylic acids is 2. The molecule has 1 heterocycles. The first-order chi connectivity index (χ1) is 9.82. The number of allylic oxidation sites excluding steroid dienone is 1. The molecule has 0 aromatic heterocycles. The molecule has 21 heavy (non-hydrogen) atoms. The zero-order chi connectivity index (χ0) is 15.7. The molecule has 0 radical (unpaired) electrons. The summed E-state index contributed by atoms with van der Waals surface area (Å²) in [5, 5.41) is 13.6. The van der Waals surface area contributed by atoms with Gasteiger partial charge in [-0.15, -0.1) is 0 Å². The largest absolute Gasteiger partial charge is 0.327 e. The van der Waals surface area contributed by atoms with E-state index in [4.69, 9.17) is 0 Å². The van der Waals surface area contributed by atoms with Crippen molar-refractivity contribution in [2.24, 2.45) is 0 Å². The van der Waals surface area contributed by atoms with Crippen molar-refractivity contribution in [3.05, 3.63) is 51.2 Å². The zero-order valence-corrected chi connectivity index (χ0v) is 11.9. The fraction of sp³-hybridized carbons (Fsp3) is 0.286. The zero-order valence-electron chi connectivity index (χ0n) is 11.9. The minimum atomic E-state index is -0.675. The Labute approximate surface area is 121 Å². The van der Waals surface area contributed by atoms with Gasteiger partial charge in [-0.3, -0.25) is 14.9 Å². The summed E-state index contributed by atoms with van der Waals surface area (Å²) >= 11 is 0. The molecule has 0 spiro atoms. The molecule has 1 aliphatic rings. The Morgan fingerprint density at radius 2 is 2.10 bits per heavy atom. The summed E-state index contributed by atoms with van der Waals surface area (Å²) in [6, 6.07) is 4.89. The second kappa shape index (κ2) is 5.35. The van der Waals surface area contributed by atoms with E-state index in [9.17, 15) is 19.7 Å². The van der Waals surface area contributed by atoms with Gasteiger partial charge in [0.15, 0.2) is 5.78 Å². The number of nitrogens with one attached hydrogen (secondary N) is 1. The van der Waals surface area contributed by atoms with Gasteiger partial charge in [0, 0.05) is 30.5 Å². The molecule has 1 aliphatic heterocycles. The molecule has 2 amide bonds. The second-order valence-electron chi connectivity index (χ2n) is 4.85. The molecule has 0 aliphatic carbocycles. The van der Waals surface area contributed by atoms with Crippen LogP contribution in [0.2, 0.25) is 0 Å². The molecule has 0 bridgehead atoms. The van der Waals surface area contributed by atoms with Crippen LogP contribution in [-0.2, 0) is 4.79 Å². The monoisotopic (exact) mass is 289 g/mol. The van der Waals surface area contributed by atoms with Crippen LogP contribution in [0.4, 0.5) is 10.5 Å². The van der Waals surface area contributed by atoms with Crippen LogP contribution in [0.5, 0.6) is 0 Å². The molecule has 0 unspecified atom stereocenters. The maximum Gasteiger partial charge on any atom is 0.322 e. The highest BCUT2D eigenvalue weighted by Gasteiger charge is 2.32. The lowest BCUT2D eigenvalue weighted by atomic mass is 9.92. The van der Waals surface area contributed by atoms with Crippen molar-refractivity contribution in [3.8, 4) is 0 Å². The second-order valence-corrected chi connectivity index (χ2v) is 4.85. The predicted molar refractivity (Wildman–Crippen MR) is 75.5 cm³/mol. The Kier molecular flexibility index (Phi) is 3.75. The number of hydrogen-bond donors (Lipinski definition) is 1. The Morgan fingerprint density at radius 1 is 1.43 bits per heavy atom.